The van der Waals surface area contributed by atoms with Gasteiger partial charge in [0.2, 0.25) is 5.91 Å². The van der Waals surface area contributed by atoms with Gasteiger partial charge in [0.15, 0.2) is 6.61 Å². The maximum absolute atomic E-state index is 12.2. The molecule has 1 fully saturated rings. The molecule has 0 heterocycles. The number of nitriles is 1. The van der Waals surface area contributed by atoms with Crippen molar-refractivity contribution in [2.75, 3.05) is 18.5 Å². The normalized spacial score (nSPS) is 15.4. The summed E-state index contributed by atoms with van der Waals surface area (Å²) in [6, 6.07) is 5.63. The van der Waals surface area contributed by atoms with Crippen molar-refractivity contribution in [1.29, 1.82) is 5.26 Å². The molecule has 0 spiro atoms. The summed E-state index contributed by atoms with van der Waals surface area (Å²) in [7, 11) is 0. The number of amides is 1. The van der Waals surface area contributed by atoms with Gasteiger partial charge < -0.3 is 14.8 Å². The average molecular weight is 356 g/mol. The maximum atomic E-state index is 12.2. The molecule has 8 heteroatoms. The topological polar surface area (TPSA) is 71.4 Å². The Kier molecular flexibility index (Phi) is 6.65. The molecule has 1 saturated carbocycles. The predicted octanol–water partition coefficient (Wildman–Crippen LogP) is 3.79. The lowest BCUT2D eigenvalue weighted by Gasteiger charge is -2.21. The number of hydrogen-bond donors (Lipinski definition) is 1. The van der Waals surface area contributed by atoms with Gasteiger partial charge in [0, 0.05) is 5.69 Å². The first-order valence-electron chi connectivity index (χ1n) is 8.02. The molecule has 1 amide bonds. The molecule has 0 aliphatic heterocycles. The van der Waals surface area contributed by atoms with Gasteiger partial charge in [-0.05, 0) is 31.0 Å². The zero-order chi connectivity index (χ0) is 18.3. The number of rotatable bonds is 6. The fraction of sp³-hybridized carbons (Fsp3) is 0.529. The van der Waals surface area contributed by atoms with Crippen LogP contribution in [0.15, 0.2) is 18.2 Å². The smallest absolute Gasteiger partial charge is 0.422 e. The average Bonchev–Trinajstić information content (AvgIpc) is 2.59. The third-order valence-corrected chi connectivity index (χ3v) is 3.78. The summed E-state index contributed by atoms with van der Waals surface area (Å²) < 4.78 is 46.7. The molecule has 1 aliphatic carbocycles. The second-order valence-corrected chi connectivity index (χ2v) is 5.85. The van der Waals surface area contributed by atoms with Crippen molar-refractivity contribution in [1.82, 2.24) is 0 Å². The minimum atomic E-state index is -4.49. The Hall–Kier alpha value is -2.27. The fourth-order valence-corrected chi connectivity index (χ4v) is 2.60. The molecule has 1 N–H and O–H groups in total. The number of benzene rings is 1. The second-order valence-electron chi connectivity index (χ2n) is 5.85. The van der Waals surface area contributed by atoms with E-state index in [1.807, 2.05) is 0 Å². The van der Waals surface area contributed by atoms with Gasteiger partial charge in [0.1, 0.15) is 18.4 Å². The van der Waals surface area contributed by atoms with Crippen LogP contribution in [0.25, 0.3) is 0 Å². The number of nitrogens with zero attached hydrogens (tertiary/aromatic N) is 1. The van der Waals surface area contributed by atoms with Crippen molar-refractivity contribution in [3.05, 3.63) is 23.8 Å². The van der Waals surface area contributed by atoms with Gasteiger partial charge in [-0.2, -0.15) is 18.4 Å². The van der Waals surface area contributed by atoms with Crippen molar-refractivity contribution >= 4 is 11.6 Å². The minimum absolute atomic E-state index is 0.0877. The molecule has 136 valence electrons. The quantitative estimate of drug-likeness (QED) is 0.842. The van der Waals surface area contributed by atoms with Gasteiger partial charge in [0.25, 0.3) is 0 Å². The molecular weight excluding hydrogens is 337 g/mol. The number of halogens is 3. The first kappa shape index (κ1) is 19.1. The molecule has 0 aromatic heterocycles. The zero-order valence-corrected chi connectivity index (χ0v) is 13.6. The van der Waals surface area contributed by atoms with E-state index in [1.165, 1.54) is 24.6 Å². The van der Waals surface area contributed by atoms with Crippen LogP contribution in [0.2, 0.25) is 0 Å². The third-order valence-electron chi connectivity index (χ3n) is 3.78. The van der Waals surface area contributed by atoms with Gasteiger partial charge in [-0.15, -0.1) is 0 Å². The SMILES string of the molecule is N#Cc1cc(NC(=O)COC2CCCCC2)ccc1OCC(F)(F)F. The van der Waals surface area contributed by atoms with Crippen molar-refractivity contribution in [2.45, 2.75) is 44.4 Å². The summed E-state index contributed by atoms with van der Waals surface area (Å²) in [4.78, 5) is 11.9. The van der Waals surface area contributed by atoms with Gasteiger partial charge in [-0.1, -0.05) is 19.3 Å². The highest BCUT2D eigenvalue weighted by Crippen LogP contribution is 2.25. The lowest BCUT2D eigenvalue weighted by molar-refractivity contribution is -0.153. The van der Waals surface area contributed by atoms with Crippen molar-refractivity contribution in [3.8, 4) is 11.8 Å². The Labute approximate surface area is 143 Å². The number of hydrogen-bond acceptors (Lipinski definition) is 4. The number of carbonyl (C=O) groups is 1. The zero-order valence-electron chi connectivity index (χ0n) is 13.6. The Morgan fingerprint density at radius 3 is 2.64 bits per heavy atom. The minimum Gasteiger partial charge on any atom is -0.483 e. The van der Waals surface area contributed by atoms with E-state index in [0.29, 0.717) is 5.69 Å². The van der Waals surface area contributed by atoms with Crippen LogP contribution in [0.1, 0.15) is 37.7 Å². The monoisotopic (exact) mass is 356 g/mol. The van der Waals surface area contributed by atoms with Crippen LogP contribution in [0.4, 0.5) is 18.9 Å². The maximum Gasteiger partial charge on any atom is 0.422 e. The molecule has 0 unspecified atom stereocenters. The van der Waals surface area contributed by atoms with E-state index in [9.17, 15) is 18.0 Å². The summed E-state index contributed by atoms with van der Waals surface area (Å²) in [5.41, 5.74) is 0.211. The van der Waals surface area contributed by atoms with Crippen molar-refractivity contribution in [2.24, 2.45) is 0 Å². The van der Waals surface area contributed by atoms with Crippen LogP contribution in [0.5, 0.6) is 5.75 Å². The molecule has 0 saturated heterocycles. The molecule has 0 atom stereocenters. The number of ether oxygens (including phenoxy) is 2. The van der Waals surface area contributed by atoms with E-state index >= 15 is 0 Å². The van der Waals surface area contributed by atoms with Crippen LogP contribution in [0, 0.1) is 11.3 Å². The van der Waals surface area contributed by atoms with E-state index < -0.39 is 12.8 Å². The number of nitrogens with one attached hydrogen (secondary N) is 1. The lowest BCUT2D eigenvalue weighted by atomic mass is 9.98. The van der Waals surface area contributed by atoms with Gasteiger partial charge in [-0.3, -0.25) is 4.79 Å². The van der Waals surface area contributed by atoms with E-state index in [4.69, 9.17) is 10.00 Å². The van der Waals surface area contributed by atoms with Crippen molar-refractivity contribution in [3.63, 3.8) is 0 Å². The van der Waals surface area contributed by atoms with E-state index in [0.717, 1.165) is 25.7 Å². The Bertz CT molecular complexity index is 635. The molecule has 1 aromatic rings. The number of anilines is 1. The standard InChI is InChI=1S/C17H19F3N2O3/c18-17(19,20)11-25-15-7-6-13(8-12(15)9-21)22-16(23)10-24-14-4-2-1-3-5-14/h6-8,14H,1-5,10-11H2,(H,22,23). The summed E-state index contributed by atoms with van der Waals surface area (Å²) in [6.45, 7) is -1.58. The molecule has 0 bridgehead atoms. The summed E-state index contributed by atoms with van der Waals surface area (Å²) in [5, 5.41) is 11.6. The van der Waals surface area contributed by atoms with E-state index in [1.54, 1.807) is 6.07 Å². The second kappa shape index (κ2) is 8.72. The predicted molar refractivity (Wildman–Crippen MR) is 84.2 cm³/mol. The summed E-state index contributed by atoms with van der Waals surface area (Å²) in [5.74, 6) is -0.560. The van der Waals surface area contributed by atoms with E-state index in [-0.39, 0.29) is 29.9 Å². The number of carbonyl (C=O) groups excluding carboxylic acids is 1. The number of alkyl halides is 3. The Morgan fingerprint density at radius 2 is 2.00 bits per heavy atom. The highest BCUT2D eigenvalue weighted by molar-refractivity contribution is 5.92. The molecule has 5 nitrogen and oxygen atoms in total. The molecule has 0 radical (unpaired) electrons. The van der Waals surface area contributed by atoms with Crippen LogP contribution in [-0.4, -0.2) is 31.4 Å². The first-order valence-corrected chi connectivity index (χ1v) is 8.02. The Balaban J connectivity index is 1.88. The highest BCUT2D eigenvalue weighted by atomic mass is 19.4. The van der Waals surface area contributed by atoms with Crippen LogP contribution in [-0.2, 0) is 9.53 Å². The largest absolute Gasteiger partial charge is 0.483 e. The van der Waals surface area contributed by atoms with Gasteiger partial charge >= 0.3 is 6.18 Å². The van der Waals surface area contributed by atoms with Crippen LogP contribution in [0.3, 0.4) is 0 Å². The Morgan fingerprint density at radius 1 is 1.28 bits per heavy atom. The van der Waals surface area contributed by atoms with Crippen LogP contribution >= 0.6 is 0 Å². The highest BCUT2D eigenvalue weighted by Gasteiger charge is 2.28. The summed E-state index contributed by atoms with van der Waals surface area (Å²) in [6.07, 6.45) is 0.858. The summed E-state index contributed by atoms with van der Waals surface area (Å²) >= 11 is 0. The van der Waals surface area contributed by atoms with Gasteiger partial charge in [-0.25, -0.2) is 0 Å². The molecular formula is C17H19F3N2O3. The van der Waals surface area contributed by atoms with E-state index in [2.05, 4.69) is 10.1 Å². The lowest BCUT2D eigenvalue weighted by Crippen LogP contribution is -2.24. The third kappa shape index (κ3) is 6.63. The molecule has 1 aliphatic rings. The van der Waals surface area contributed by atoms with Crippen molar-refractivity contribution < 1.29 is 27.4 Å². The molecule has 25 heavy (non-hydrogen) atoms. The molecule has 1 aromatic carbocycles. The first-order chi connectivity index (χ1) is 11.9. The molecule has 2 rings (SSSR count). The van der Waals surface area contributed by atoms with Crippen LogP contribution < -0.4 is 10.1 Å². The van der Waals surface area contributed by atoms with Gasteiger partial charge in [0.05, 0.1) is 11.7 Å². The fourth-order valence-electron chi connectivity index (χ4n) is 2.60.